The molecule has 0 heterocycles. The van der Waals surface area contributed by atoms with Crippen LogP contribution in [0.3, 0.4) is 0 Å². The fraction of sp³-hybridized carbons (Fsp3) is 0.167. The van der Waals surface area contributed by atoms with Crippen molar-refractivity contribution < 1.29 is 8.78 Å². The third kappa shape index (κ3) is 3.13. The van der Waals surface area contributed by atoms with E-state index in [9.17, 15) is 8.78 Å². The van der Waals surface area contributed by atoms with Gasteiger partial charge in [0, 0.05) is 11.1 Å². The van der Waals surface area contributed by atoms with Gasteiger partial charge in [-0.3, -0.25) is 0 Å². The average Bonchev–Trinajstić information content (AvgIpc) is 3.00. The number of hydrogen-bond donors (Lipinski definition) is 0. The lowest BCUT2D eigenvalue weighted by Crippen LogP contribution is -1.87. The first kappa shape index (κ1) is 16.5. The maximum atomic E-state index is 13.3. The first-order valence-electron chi connectivity index (χ1n) is 8.86. The molecule has 0 N–H and O–H groups in total. The van der Waals surface area contributed by atoms with Crippen molar-refractivity contribution in [3.05, 3.63) is 94.0 Å². The highest BCUT2D eigenvalue weighted by molar-refractivity contribution is 5.77. The van der Waals surface area contributed by atoms with E-state index < -0.39 is 11.6 Å². The summed E-state index contributed by atoms with van der Waals surface area (Å²) in [5.41, 5.74) is 7.95. The van der Waals surface area contributed by atoms with E-state index in [1.807, 2.05) is 6.07 Å². The molecule has 0 radical (unpaired) electrons. The third-order valence-electron chi connectivity index (χ3n) is 4.76. The predicted octanol–water partition coefficient (Wildman–Crippen LogP) is 5.89. The van der Waals surface area contributed by atoms with Crippen LogP contribution in [0.15, 0.2) is 54.6 Å². The molecule has 0 nitrogen and oxygen atoms in total. The normalized spacial score (nSPS) is 11.5. The van der Waals surface area contributed by atoms with Gasteiger partial charge in [0.15, 0.2) is 11.6 Å². The van der Waals surface area contributed by atoms with Crippen LogP contribution in [0.4, 0.5) is 8.78 Å². The fourth-order valence-corrected chi connectivity index (χ4v) is 3.50. The highest BCUT2D eigenvalue weighted by atomic mass is 19.2. The summed E-state index contributed by atoms with van der Waals surface area (Å²) in [6.45, 7) is 2.19. The summed E-state index contributed by atoms with van der Waals surface area (Å²) in [6.07, 6.45) is 3.17. The topological polar surface area (TPSA) is 0 Å². The summed E-state index contributed by atoms with van der Waals surface area (Å²) >= 11 is 0. The molecule has 3 aromatic carbocycles. The Hall–Kier alpha value is -2.92. The van der Waals surface area contributed by atoms with Crippen molar-refractivity contribution in [1.29, 1.82) is 0 Å². The molecule has 3 aromatic rings. The predicted molar refractivity (Wildman–Crippen MR) is 101 cm³/mol. The molecular weight excluding hydrogens is 326 g/mol. The second kappa shape index (κ2) is 6.77. The van der Waals surface area contributed by atoms with Crippen molar-refractivity contribution in [2.75, 3.05) is 0 Å². The van der Waals surface area contributed by atoms with Crippen LogP contribution in [0.25, 0.3) is 11.1 Å². The van der Waals surface area contributed by atoms with Crippen molar-refractivity contribution in [2.24, 2.45) is 0 Å². The number of hydrogen-bond acceptors (Lipinski definition) is 0. The maximum Gasteiger partial charge on any atom is 0.160 e. The van der Waals surface area contributed by atoms with Crippen molar-refractivity contribution >= 4 is 0 Å². The van der Waals surface area contributed by atoms with Gasteiger partial charge in [-0.05, 0) is 71.0 Å². The Labute approximate surface area is 152 Å². The molecule has 2 heteroatoms. The summed E-state index contributed by atoms with van der Waals surface area (Å²) < 4.78 is 26.3. The van der Waals surface area contributed by atoms with Gasteiger partial charge in [0.05, 0.1) is 0 Å². The molecule has 0 saturated heterocycles. The monoisotopic (exact) mass is 344 g/mol. The lowest BCUT2D eigenvalue weighted by Gasteiger charge is -2.04. The minimum absolute atomic E-state index is 0.469. The summed E-state index contributed by atoms with van der Waals surface area (Å²) in [5.74, 6) is 4.24. The summed E-state index contributed by atoms with van der Waals surface area (Å²) in [5, 5.41) is 0. The van der Waals surface area contributed by atoms with Crippen molar-refractivity contribution in [2.45, 2.75) is 26.2 Å². The van der Waals surface area contributed by atoms with Crippen LogP contribution in [0.1, 0.15) is 41.2 Å². The molecule has 0 aliphatic heterocycles. The molecule has 0 spiro atoms. The van der Waals surface area contributed by atoms with Crippen molar-refractivity contribution in [3.8, 4) is 23.0 Å². The molecule has 1 aliphatic carbocycles. The highest BCUT2D eigenvalue weighted by Crippen LogP contribution is 2.37. The zero-order valence-electron chi connectivity index (χ0n) is 14.6. The molecule has 26 heavy (non-hydrogen) atoms. The van der Waals surface area contributed by atoms with Crippen LogP contribution in [0.5, 0.6) is 0 Å². The fourth-order valence-electron chi connectivity index (χ4n) is 3.50. The van der Waals surface area contributed by atoms with E-state index in [0.717, 1.165) is 37.0 Å². The van der Waals surface area contributed by atoms with Crippen LogP contribution >= 0.6 is 0 Å². The Bertz CT molecular complexity index is 1050. The maximum absolute atomic E-state index is 13.3. The van der Waals surface area contributed by atoms with E-state index >= 15 is 0 Å². The molecule has 1 aliphatic rings. The van der Waals surface area contributed by atoms with E-state index in [0.29, 0.717) is 5.56 Å². The molecule has 0 amide bonds. The van der Waals surface area contributed by atoms with Crippen molar-refractivity contribution in [3.63, 3.8) is 0 Å². The number of benzene rings is 3. The van der Waals surface area contributed by atoms with Crippen LogP contribution in [-0.4, -0.2) is 0 Å². The quantitative estimate of drug-likeness (QED) is 0.398. The molecule has 0 fully saturated rings. The van der Waals surface area contributed by atoms with E-state index in [2.05, 4.69) is 49.1 Å². The lowest BCUT2D eigenvalue weighted by atomic mass is 10.0. The molecule has 0 bridgehead atoms. The minimum atomic E-state index is -0.871. The van der Waals surface area contributed by atoms with Gasteiger partial charge in [-0.1, -0.05) is 49.5 Å². The second-order valence-corrected chi connectivity index (χ2v) is 6.67. The Morgan fingerprint density at radius 1 is 0.769 bits per heavy atom. The standard InChI is InChI=1S/C24H18F2/c1-2-3-16-6-9-21-19(12-16)15-20-13-17(7-10-22(20)21)4-5-18-8-11-23(25)24(26)14-18/h6-14H,2-3,15H2,1H3. The van der Waals surface area contributed by atoms with Gasteiger partial charge in [0.1, 0.15) is 0 Å². The lowest BCUT2D eigenvalue weighted by molar-refractivity contribution is 0.508. The van der Waals surface area contributed by atoms with E-state index in [4.69, 9.17) is 0 Å². The van der Waals surface area contributed by atoms with Crippen LogP contribution in [-0.2, 0) is 12.8 Å². The molecule has 0 atom stereocenters. The molecule has 4 rings (SSSR count). The molecule has 0 saturated carbocycles. The summed E-state index contributed by atoms with van der Waals surface area (Å²) in [4.78, 5) is 0. The van der Waals surface area contributed by atoms with Gasteiger partial charge in [-0.2, -0.15) is 0 Å². The Morgan fingerprint density at radius 3 is 2.15 bits per heavy atom. The van der Waals surface area contributed by atoms with Crippen molar-refractivity contribution in [1.82, 2.24) is 0 Å². The van der Waals surface area contributed by atoms with Gasteiger partial charge in [-0.15, -0.1) is 0 Å². The Balaban J connectivity index is 1.62. The van der Waals surface area contributed by atoms with E-state index in [-0.39, 0.29) is 0 Å². The number of fused-ring (bicyclic) bond motifs is 3. The van der Waals surface area contributed by atoms with Crippen LogP contribution in [0, 0.1) is 23.5 Å². The largest absolute Gasteiger partial charge is 0.204 e. The molecule has 0 aromatic heterocycles. The molecule has 128 valence electrons. The summed E-state index contributed by atoms with van der Waals surface area (Å²) in [7, 11) is 0. The first-order valence-corrected chi connectivity index (χ1v) is 8.86. The number of halogens is 2. The van der Waals surface area contributed by atoms with E-state index in [1.54, 1.807) is 0 Å². The number of aryl methyl sites for hydroxylation is 1. The zero-order chi connectivity index (χ0) is 18.1. The second-order valence-electron chi connectivity index (χ2n) is 6.67. The molecular formula is C24H18F2. The first-order chi connectivity index (χ1) is 12.6. The Morgan fingerprint density at radius 2 is 1.42 bits per heavy atom. The summed E-state index contributed by atoms with van der Waals surface area (Å²) in [6, 6.07) is 16.7. The van der Waals surface area contributed by atoms with Gasteiger partial charge >= 0.3 is 0 Å². The minimum Gasteiger partial charge on any atom is -0.204 e. The van der Waals surface area contributed by atoms with Gasteiger partial charge < -0.3 is 0 Å². The van der Waals surface area contributed by atoms with Crippen LogP contribution in [0.2, 0.25) is 0 Å². The SMILES string of the molecule is CCCc1ccc2c(c1)Cc1cc(C#Cc3ccc(F)c(F)c3)ccc1-2. The average molecular weight is 344 g/mol. The third-order valence-corrected chi connectivity index (χ3v) is 4.76. The Kier molecular flexibility index (Phi) is 4.31. The molecule has 0 unspecified atom stereocenters. The van der Waals surface area contributed by atoms with Crippen LogP contribution < -0.4 is 0 Å². The number of rotatable bonds is 2. The zero-order valence-corrected chi connectivity index (χ0v) is 14.6. The van der Waals surface area contributed by atoms with E-state index in [1.165, 1.54) is 33.9 Å². The van der Waals surface area contributed by atoms with Gasteiger partial charge in [0.2, 0.25) is 0 Å². The smallest absolute Gasteiger partial charge is 0.160 e. The van der Waals surface area contributed by atoms with Gasteiger partial charge in [0.25, 0.3) is 0 Å². The highest BCUT2D eigenvalue weighted by Gasteiger charge is 2.18. The van der Waals surface area contributed by atoms with Gasteiger partial charge in [-0.25, -0.2) is 8.78 Å².